The first kappa shape index (κ1) is 17.0. The minimum Gasteiger partial charge on any atom is -0.492 e. The summed E-state index contributed by atoms with van der Waals surface area (Å²) in [6.07, 6.45) is 0.898. The lowest BCUT2D eigenvalue weighted by Crippen LogP contribution is -2.40. The predicted octanol–water partition coefficient (Wildman–Crippen LogP) is 1.66. The van der Waals surface area contributed by atoms with E-state index in [-0.39, 0.29) is 0 Å². The van der Waals surface area contributed by atoms with Gasteiger partial charge in [-0.3, -0.25) is 4.90 Å². The van der Waals surface area contributed by atoms with Crippen LogP contribution in [0.3, 0.4) is 0 Å². The summed E-state index contributed by atoms with van der Waals surface area (Å²) in [5, 5.41) is 9.82. The second-order valence-corrected chi connectivity index (χ2v) is 5.71. The molecule has 1 aromatic carbocycles. The first-order valence-electron chi connectivity index (χ1n) is 7.31. The molecule has 0 atom stereocenters. The maximum absolute atomic E-state index is 9.82. The number of aliphatic hydroxyl groups is 1. The first-order chi connectivity index (χ1) is 9.44. The Bertz CT molecular complexity index is 371. The molecule has 4 nitrogen and oxygen atoms in total. The average Bonchev–Trinajstić information content (AvgIpc) is 2.38. The number of benzene rings is 1. The van der Waals surface area contributed by atoms with Gasteiger partial charge < -0.3 is 15.6 Å². The van der Waals surface area contributed by atoms with Crippen LogP contribution in [0, 0.1) is 0 Å². The number of nitrogens with zero attached hydrogens (tertiary/aromatic N) is 1. The molecule has 0 aliphatic carbocycles. The molecule has 0 aromatic heterocycles. The molecule has 0 fully saturated rings. The Balaban J connectivity index is 2.35. The maximum Gasteiger partial charge on any atom is 0.119 e. The Morgan fingerprint density at radius 1 is 1.25 bits per heavy atom. The van der Waals surface area contributed by atoms with Gasteiger partial charge in [0.15, 0.2) is 0 Å². The average molecular weight is 280 g/mol. The molecule has 0 spiro atoms. The predicted molar refractivity (Wildman–Crippen MR) is 83.1 cm³/mol. The second-order valence-electron chi connectivity index (χ2n) is 5.71. The summed E-state index contributed by atoms with van der Waals surface area (Å²) in [4.78, 5) is 2.18. The Morgan fingerprint density at radius 3 is 2.40 bits per heavy atom. The van der Waals surface area contributed by atoms with E-state index in [1.165, 1.54) is 5.56 Å². The zero-order chi connectivity index (χ0) is 15.0. The Kier molecular flexibility index (Phi) is 6.99. The summed E-state index contributed by atoms with van der Waals surface area (Å²) in [5.41, 5.74) is 6.09. The van der Waals surface area contributed by atoms with Gasteiger partial charge in [0.25, 0.3) is 0 Å². The van der Waals surface area contributed by atoms with Crippen LogP contribution >= 0.6 is 0 Å². The van der Waals surface area contributed by atoms with Crippen molar-refractivity contribution in [3.63, 3.8) is 0 Å². The molecule has 4 heteroatoms. The highest BCUT2D eigenvalue weighted by Crippen LogP contribution is 2.12. The number of ether oxygens (including phenoxy) is 1. The van der Waals surface area contributed by atoms with Crippen molar-refractivity contribution in [3.05, 3.63) is 29.8 Å². The monoisotopic (exact) mass is 280 g/mol. The molecule has 1 rings (SSSR count). The number of nitrogens with two attached hydrogens (primary N) is 1. The zero-order valence-corrected chi connectivity index (χ0v) is 12.9. The lowest BCUT2D eigenvalue weighted by atomic mass is 10.1. The molecule has 0 radical (unpaired) electrons. The Hall–Kier alpha value is -1.10. The Labute approximate surface area is 122 Å². The van der Waals surface area contributed by atoms with Gasteiger partial charge in [-0.05, 0) is 51.1 Å². The van der Waals surface area contributed by atoms with Crippen LogP contribution in [0.15, 0.2) is 24.3 Å². The lowest BCUT2D eigenvalue weighted by molar-refractivity contribution is 0.0340. The smallest absolute Gasteiger partial charge is 0.119 e. The molecule has 1 aromatic rings. The summed E-state index contributed by atoms with van der Waals surface area (Å²) < 4.78 is 5.73. The summed E-state index contributed by atoms with van der Waals surface area (Å²) >= 11 is 0. The van der Waals surface area contributed by atoms with Crippen LogP contribution < -0.4 is 10.5 Å². The largest absolute Gasteiger partial charge is 0.492 e. The fourth-order valence-corrected chi connectivity index (χ4v) is 2.11. The third-order valence-corrected chi connectivity index (χ3v) is 3.09. The molecule has 0 unspecified atom stereocenters. The van der Waals surface area contributed by atoms with Crippen LogP contribution in [0.25, 0.3) is 0 Å². The van der Waals surface area contributed by atoms with Crippen molar-refractivity contribution in [1.29, 1.82) is 0 Å². The highest BCUT2D eigenvalue weighted by atomic mass is 16.5. The van der Waals surface area contributed by atoms with E-state index in [1.807, 2.05) is 26.0 Å². The van der Waals surface area contributed by atoms with E-state index in [4.69, 9.17) is 10.5 Å². The summed E-state index contributed by atoms with van der Waals surface area (Å²) in [5.74, 6) is 0.880. The van der Waals surface area contributed by atoms with E-state index in [0.29, 0.717) is 19.7 Å². The van der Waals surface area contributed by atoms with Gasteiger partial charge in [0.2, 0.25) is 0 Å². The van der Waals surface area contributed by atoms with Gasteiger partial charge >= 0.3 is 0 Å². The fraction of sp³-hybridized carbons (Fsp3) is 0.625. The number of hydrogen-bond donors (Lipinski definition) is 2. The fourth-order valence-electron chi connectivity index (χ4n) is 2.11. The van der Waals surface area contributed by atoms with Gasteiger partial charge in [0.05, 0.1) is 5.60 Å². The molecular weight excluding hydrogens is 252 g/mol. The number of rotatable bonds is 9. The molecular formula is C16H28N2O2. The van der Waals surface area contributed by atoms with Gasteiger partial charge in [-0.15, -0.1) is 0 Å². The summed E-state index contributed by atoms with van der Waals surface area (Å²) in [6, 6.07) is 8.07. The van der Waals surface area contributed by atoms with Crippen LogP contribution in [-0.4, -0.2) is 48.4 Å². The first-order valence-corrected chi connectivity index (χ1v) is 7.31. The minimum atomic E-state index is -0.667. The quantitative estimate of drug-likeness (QED) is 0.722. The van der Waals surface area contributed by atoms with E-state index in [1.54, 1.807) is 0 Å². The van der Waals surface area contributed by atoms with Crippen molar-refractivity contribution in [1.82, 2.24) is 4.90 Å². The molecule has 0 amide bonds. The van der Waals surface area contributed by atoms with Gasteiger partial charge in [0, 0.05) is 13.1 Å². The number of likely N-dealkylation sites (N-methyl/N-ethyl adjacent to an activating group) is 1. The van der Waals surface area contributed by atoms with E-state index < -0.39 is 5.60 Å². The van der Waals surface area contributed by atoms with Crippen LogP contribution in [0.4, 0.5) is 0 Å². The van der Waals surface area contributed by atoms with E-state index in [2.05, 4.69) is 24.0 Å². The van der Waals surface area contributed by atoms with Crippen molar-refractivity contribution in [2.45, 2.75) is 32.8 Å². The zero-order valence-electron chi connectivity index (χ0n) is 12.9. The SMILES string of the molecule is CCN(CCOc1ccc(CCN)cc1)CC(C)(C)O. The lowest BCUT2D eigenvalue weighted by Gasteiger charge is -2.27. The van der Waals surface area contributed by atoms with E-state index >= 15 is 0 Å². The van der Waals surface area contributed by atoms with Crippen molar-refractivity contribution in [3.8, 4) is 5.75 Å². The van der Waals surface area contributed by atoms with Crippen molar-refractivity contribution >= 4 is 0 Å². The molecule has 3 N–H and O–H groups in total. The number of hydrogen-bond acceptors (Lipinski definition) is 4. The molecule has 0 aliphatic rings. The van der Waals surface area contributed by atoms with E-state index in [9.17, 15) is 5.11 Å². The molecule has 114 valence electrons. The van der Waals surface area contributed by atoms with Gasteiger partial charge in [-0.2, -0.15) is 0 Å². The van der Waals surface area contributed by atoms with Crippen molar-refractivity contribution in [2.24, 2.45) is 5.73 Å². The Morgan fingerprint density at radius 2 is 1.90 bits per heavy atom. The normalized spacial score (nSPS) is 11.9. The van der Waals surface area contributed by atoms with Gasteiger partial charge in [-0.1, -0.05) is 19.1 Å². The highest BCUT2D eigenvalue weighted by molar-refractivity contribution is 5.27. The topological polar surface area (TPSA) is 58.7 Å². The molecule has 0 saturated heterocycles. The van der Waals surface area contributed by atoms with Crippen LogP contribution in [-0.2, 0) is 6.42 Å². The molecule has 0 aliphatic heterocycles. The third-order valence-electron chi connectivity index (χ3n) is 3.09. The van der Waals surface area contributed by atoms with E-state index in [0.717, 1.165) is 25.3 Å². The second kappa shape index (κ2) is 8.25. The molecule has 20 heavy (non-hydrogen) atoms. The molecule has 0 heterocycles. The molecule has 0 saturated carbocycles. The van der Waals surface area contributed by atoms with Crippen LogP contribution in [0.2, 0.25) is 0 Å². The van der Waals surface area contributed by atoms with Crippen LogP contribution in [0.5, 0.6) is 5.75 Å². The summed E-state index contributed by atoms with van der Waals surface area (Å²) in [6.45, 7) is 9.41. The highest BCUT2D eigenvalue weighted by Gasteiger charge is 2.16. The molecule has 0 bridgehead atoms. The van der Waals surface area contributed by atoms with Crippen molar-refractivity contribution in [2.75, 3.05) is 32.8 Å². The minimum absolute atomic E-state index is 0.625. The maximum atomic E-state index is 9.82. The summed E-state index contributed by atoms with van der Waals surface area (Å²) in [7, 11) is 0. The van der Waals surface area contributed by atoms with Gasteiger partial charge in [-0.25, -0.2) is 0 Å². The standard InChI is InChI=1S/C16H28N2O2/c1-4-18(13-16(2,3)19)11-12-20-15-7-5-14(6-8-15)9-10-17/h5-8,19H,4,9-13,17H2,1-3H3. The third kappa shape index (κ3) is 6.89. The van der Waals surface area contributed by atoms with Gasteiger partial charge in [0.1, 0.15) is 12.4 Å². The van der Waals surface area contributed by atoms with Crippen molar-refractivity contribution < 1.29 is 9.84 Å². The van der Waals surface area contributed by atoms with Crippen LogP contribution in [0.1, 0.15) is 26.3 Å².